The number of nitrogens with one attached hydrogen (secondary N) is 1. The molecule has 0 radical (unpaired) electrons. The molecule has 0 aliphatic carbocycles. The van der Waals surface area contributed by atoms with E-state index in [-0.39, 0.29) is 12.1 Å². The highest BCUT2D eigenvalue weighted by Gasteiger charge is 2.25. The van der Waals surface area contributed by atoms with E-state index in [1.54, 1.807) is 6.07 Å². The van der Waals surface area contributed by atoms with Crippen LogP contribution < -0.4 is 10.1 Å². The van der Waals surface area contributed by atoms with Gasteiger partial charge in [-0.1, -0.05) is 13.8 Å². The van der Waals surface area contributed by atoms with Crippen LogP contribution in [0.5, 0.6) is 5.75 Å². The normalized spacial score (nSPS) is 22.6. The molecule has 2 rings (SSSR count). The lowest BCUT2D eigenvalue weighted by Gasteiger charge is -2.33. The van der Waals surface area contributed by atoms with Gasteiger partial charge in [0, 0.05) is 24.4 Å². The van der Waals surface area contributed by atoms with E-state index in [4.69, 9.17) is 4.74 Å². The predicted octanol–water partition coefficient (Wildman–Crippen LogP) is 4.04. The van der Waals surface area contributed by atoms with E-state index in [1.165, 1.54) is 12.1 Å². The molecule has 3 nitrogen and oxygen atoms in total. The number of ether oxygens (including phenoxy) is 2. The Hall–Kier alpha value is -1.43. The largest absolute Gasteiger partial charge is 0.432 e. The minimum Gasteiger partial charge on any atom is -0.432 e. The van der Waals surface area contributed by atoms with Gasteiger partial charge in [0.25, 0.3) is 0 Å². The fraction of sp³-hybridized carbons (Fsp3) is 0.600. The molecule has 1 aliphatic rings. The fourth-order valence-corrected chi connectivity index (χ4v) is 2.44. The summed E-state index contributed by atoms with van der Waals surface area (Å²) in [6, 6.07) is 4.12. The van der Waals surface area contributed by atoms with Gasteiger partial charge >= 0.3 is 6.61 Å². The lowest BCUT2D eigenvalue weighted by molar-refractivity contribution is -0.0521. The van der Waals surface area contributed by atoms with Crippen molar-refractivity contribution in [3.8, 4) is 5.75 Å². The molecule has 2 atom stereocenters. The summed E-state index contributed by atoms with van der Waals surface area (Å²) in [6.45, 7) is 1.84. The number of hydrogen-bond acceptors (Lipinski definition) is 3. The van der Waals surface area contributed by atoms with Gasteiger partial charge in [-0.25, -0.2) is 4.39 Å². The molecule has 0 amide bonds. The fourth-order valence-electron chi connectivity index (χ4n) is 2.44. The highest BCUT2D eigenvalue weighted by Crippen LogP contribution is 2.26. The highest BCUT2D eigenvalue weighted by molar-refractivity contribution is 5.48. The molecule has 1 aliphatic heterocycles. The summed E-state index contributed by atoms with van der Waals surface area (Å²) >= 11 is 0. The third kappa shape index (κ3) is 4.52. The molecule has 1 N–H and O–H groups in total. The lowest BCUT2D eigenvalue weighted by Crippen LogP contribution is -2.36. The zero-order valence-electron chi connectivity index (χ0n) is 12.1. The first-order valence-corrected chi connectivity index (χ1v) is 7.08. The summed E-state index contributed by atoms with van der Waals surface area (Å²) in [7, 11) is 0. The van der Waals surface area contributed by atoms with Gasteiger partial charge in [0.15, 0.2) is 11.6 Å². The first kappa shape index (κ1) is 15.9. The lowest BCUT2D eigenvalue weighted by atomic mass is 9.95. The third-order valence-electron chi connectivity index (χ3n) is 3.58. The van der Waals surface area contributed by atoms with Crippen molar-refractivity contribution in [1.29, 1.82) is 0 Å². The molecular formula is C15H20F3NO2. The van der Waals surface area contributed by atoms with Gasteiger partial charge in [-0.05, 0) is 30.9 Å². The van der Waals surface area contributed by atoms with Crippen LogP contribution in [0.1, 0.15) is 26.7 Å². The van der Waals surface area contributed by atoms with E-state index in [0.29, 0.717) is 18.2 Å². The van der Waals surface area contributed by atoms with Crippen LogP contribution in [-0.2, 0) is 4.74 Å². The van der Waals surface area contributed by atoms with Gasteiger partial charge in [0.2, 0.25) is 0 Å². The molecule has 0 bridgehead atoms. The van der Waals surface area contributed by atoms with E-state index in [9.17, 15) is 13.2 Å². The second kappa shape index (κ2) is 7.02. The standard InChI is InChI=1S/C15H20F3NO2/c1-9(2)14-8-11(5-6-20-14)19-10-3-4-13(12(16)7-10)21-15(17)18/h3-4,7,9,11,14-15,19H,5-6,8H2,1-2H3. The molecule has 2 unspecified atom stereocenters. The van der Waals surface area contributed by atoms with Crippen LogP contribution in [0.2, 0.25) is 0 Å². The van der Waals surface area contributed by atoms with E-state index in [1.807, 2.05) is 0 Å². The quantitative estimate of drug-likeness (QED) is 0.890. The summed E-state index contributed by atoms with van der Waals surface area (Å²) in [5.74, 6) is -0.816. The maximum atomic E-state index is 13.6. The van der Waals surface area contributed by atoms with Crippen molar-refractivity contribution in [2.45, 2.75) is 45.4 Å². The Morgan fingerprint density at radius 3 is 2.71 bits per heavy atom. The Labute approximate surface area is 122 Å². The second-order valence-electron chi connectivity index (χ2n) is 5.54. The zero-order chi connectivity index (χ0) is 15.4. The first-order valence-electron chi connectivity index (χ1n) is 7.08. The van der Waals surface area contributed by atoms with Gasteiger partial charge < -0.3 is 14.8 Å². The molecule has 0 aromatic heterocycles. The van der Waals surface area contributed by atoms with Crippen molar-refractivity contribution in [3.05, 3.63) is 24.0 Å². The second-order valence-corrected chi connectivity index (χ2v) is 5.54. The summed E-state index contributed by atoms with van der Waals surface area (Å²) in [5, 5.41) is 3.22. The minimum absolute atomic E-state index is 0.183. The minimum atomic E-state index is -3.03. The maximum absolute atomic E-state index is 13.6. The average molecular weight is 303 g/mol. The van der Waals surface area contributed by atoms with Crippen molar-refractivity contribution in [3.63, 3.8) is 0 Å². The number of benzene rings is 1. The topological polar surface area (TPSA) is 30.5 Å². The molecule has 1 saturated heterocycles. The van der Waals surface area contributed by atoms with E-state index >= 15 is 0 Å². The Bertz CT molecular complexity index is 468. The van der Waals surface area contributed by atoms with Crippen molar-refractivity contribution < 1.29 is 22.6 Å². The predicted molar refractivity (Wildman–Crippen MR) is 74.3 cm³/mol. The molecule has 6 heteroatoms. The van der Waals surface area contributed by atoms with Gasteiger partial charge in [-0.15, -0.1) is 0 Å². The van der Waals surface area contributed by atoms with Crippen molar-refractivity contribution in [1.82, 2.24) is 0 Å². The van der Waals surface area contributed by atoms with Crippen LogP contribution in [0.4, 0.5) is 18.9 Å². The highest BCUT2D eigenvalue weighted by atomic mass is 19.3. The Morgan fingerprint density at radius 1 is 1.33 bits per heavy atom. The van der Waals surface area contributed by atoms with Gasteiger partial charge in [0.1, 0.15) is 0 Å². The molecule has 1 aromatic rings. The van der Waals surface area contributed by atoms with Crippen molar-refractivity contribution in [2.75, 3.05) is 11.9 Å². The Morgan fingerprint density at radius 2 is 2.10 bits per heavy atom. The molecule has 21 heavy (non-hydrogen) atoms. The average Bonchev–Trinajstić information content (AvgIpc) is 2.42. The molecule has 1 aromatic carbocycles. The van der Waals surface area contributed by atoms with Crippen molar-refractivity contribution in [2.24, 2.45) is 5.92 Å². The van der Waals surface area contributed by atoms with Crippen LogP contribution in [0.15, 0.2) is 18.2 Å². The first-order chi connectivity index (χ1) is 9.95. The molecule has 0 saturated carbocycles. The number of anilines is 1. The molecule has 118 valence electrons. The molecular weight excluding hydrogens is 283 g/mol. The van der Waals surface area contributed by atoms with Gasteiger partial charge in [0.05, 0.1) is 6.10 Å². The number of alkyl halides is 2. The number of rotatable bonds is 5. The summed E-state index contributed by atoms with van der Waals surface area (Å²) < 4.78 is 47.6. The molecule has 0 spiro atoms. The van der Waals surface area contributed by atoms with E-state index in [0.717, 1.165) is 12.8 Å². The van der Waals surface area contributed by atoms with Crippen molar-refractivity contribution >= 4 is 5.69 Å². The van der Waals surface area contributed by atoms with Crippen LogP contribution in [-0.4, -0.2) is 25.4 Å². The summed E-state index contributed by atoms with van der Waals surface area (Å²) in [6.07, 6.45) is 1.86. The smallest absolute Gasteiger partial charge is 0.387 e. The van der Waals surface area contributed by atoms with E-state index in [2.05, 4.69) is 23.9 Å². The maximum Gasteiger partial charge on any atom is 0.387 e. The number of hydrogen-bond donors (Lipinski definition) is 1. The molecule has 1 heterocycles. The Kier molecular flexibility index (Phi) is 5.33. The van der Waals surface area contributed by atoms with Gasteiger partial charge in [-0.2, -0.15) is 8.78 Å². The van der Waals surface area contributed by atoms with Crippen LogP contribution in [0.25, 0.3) is 0 Å². The Balaban J connectivity index is 1.98. The summed E-state index contributed by atoms with van der Waals surface area (Å²) in [5.41, 5.74) is 0.559. The monoisotopic (exact) mass is 303 g/mol. The molecule has 1 fully saturated rings. The SMILES string of the molecule is CC(C)C1CC(Nc2ccc(OC(F)F)c(F)c2)CCO1. The van der Waals surface area contributed by atoms with E-state index < -0.39 is 18.2 Å². The summed E-state index contributed by atoms with van der Waals surface area (Å²) in [4.78, 5) is 0. The number of halogens is 3. The van der Waals surface area contributed by atoms with Gasteiger partial charge in [-0.3, -0.25) is 0 Å². The van der Waals surface area contributed by atoms with Crippen LogP contribution in [0.3, 0.4) is 0 Å². The third-order valence-corrected chi connectivity index (χ3v) is 3.58. The van der Waals surface area contributed by atoms with Crippen LogP contribution >= 0.6 is 0 Å². The van der Waals surface area contributed by atoms with Crippen LogP contribution in [0, 0.1) is 11.7 Å². The zero-order valence-corrected chi connectivity index (χ0v) is 12.1.